The molecule has 0 aromatic heterocycles. The van der Waals surface area contributed by atoms with Crippen molar-refractivity contribution in [2.75, 3.05) is 6.61 Å². The van der Waals surface area contributed by atoms with Crippen LogP contribution in [0.15, 0.2) is 73.3 Å². The van der Waals surface area contributed by atoms with Crippen LogP contribution >= 0.6 is 0 Å². The molecule has 6 atom stereocenters. The van der Waals surface area contributed by atoms with Gasteiger partial charge in [0, 0.05) is 25.9 Å². The predicted octanol–water partition coefficient (Wildman–Crippen LogP) is 4.82. The molecule has 0 saturated carbocycles. The Morgan fingerprint density at radius 2 is 1.55 bits per heavy atom. The normalized spacial score (nSPS) is 33.9. The second-order valence-corrected chi connectivity index (χ2v) is 9.57. The maximum Gasteiger partial charge on any atom is 0.110 e. The Labute approximate surface area is 197 Å². The van der Waals surface area contributed by atoms with Crippen molar-refractivity contribution in [3.8, 4) is 0 Å². The van der Waals surface area contributed by atoms with E-state index >= 15 is 0 Å². The van der Waals surface area contributed by atoms with Gasteiger partial charge in [0.1, 0.15) is 5.60 Å². The Hall–Kier alpha value is -2.02. The lowest BCUT2D eigenvalue weighted by Gasteiger charge is -2.53. The van der Waals surface area contributed by atoms with E-state index in [0.29, 0.717) is 39.1 Å². The highest BCUT2D eigenvalue weighted by Gasteiger charge is 2.53. The lowest BCUT2D eigenvalue weighted by Crippen LogP contribution is -2.63. The largest absolute Gasteiger partial charge is 0.390 e. The van der Waals surface area contributed by atoms with Gasteiger partial charge >= 0.3 is 0 Å². The minimum Gasteiger partial charge on any atom is -0.390 e. The van der Waals surface area contributed by atoms with Gasteiger partial charge in [-0.2, -0.15) is 0 Å². The van der Waals surface area contributed by atoms with Gasteiger partial charge in [-0.3, -0.25) is 0 Å². The highest BCUT2D eigenvalue weighted by Crippen LogP contribution is 2.43. The van der Waals surface area contributed by atoms with E-state index < -0.39 is 17.3 Å². The van der Waals surface area contributed by atoms with Crippen molar-refractivity contribution in [3.05, 3.63) is 84.4 Å². The average Bonchev–Trinajstić information content (AvgIpc) is 2.83. The second-order valence-electron chi connectivity index (χ2n) is 9.57. The van der Waals surface area contributed by atoms with Gasteiger partial charge in [0.2, 0.25) is 0 Å². The van der Waals surface area contributed by atoms with E-state index in [4.69, 9.17) is 18.9 Å². The molecule has 2 aromatic rings. The van der Waals surface area contributed by atoms with Crippen LogP contribution in [0, 0.1) is 0 Å². The zero-order chi connectivity index (χ0) is 23.3. The quantitative estimate of drug-likeness (QED) is 0.437. The summed E-state index contributed by atoms with van der Waals surface area (Å²) in [6, 6.07) is 20.3. The summed E-state index contributed by atoms with van der Waals surface area (Å²) >= 11 is 0. The first kappa shape index (κ1) is 24.1. The smallest absolute Gasteiger partial charge is 0.110 e. The standard InChI is InChI=1S/C28H36O5/c1-4-27(2)25(29)17-23-24(32-27)18-26(31-20-22-13-9-6-10-14-22)28(3,33-23)15-16-30-19-21-11-7-5-8-12-21/h4-14,23-26,29H,1,15-20H2,2-3H3/t23-,24?,25+,26-,27-,28+/m1/s1. The monoisotopic (exact) mass is 452 g/mol. The van der Waals surface area contributed by atoms with Crippen molar-refractivity contribution in [2.45, 2.75) is 81.9 Å². The van der Waals surface area contributed by atoms with Crippen molar-refractivity contribution < 1.29 is 24.1 Å². The molecule has 5 nitrogen and oxygen atoms in total. The maximum atomic E-state index is 10.7. The van der Waals surface area contributed by atoms with Crippen molar-refractivity contribution in [3.63, 3.8) is 0 Å². The minimum absolute atomic E-state index is 0.157. The van der Waals surface area contributed by atoms with E-state index in [-0.39, 0.29) is 18.3 Å². The van der Waals surface area contributed by atoms with Gasteiger partial charge < -0.3 is 24.1 Å². The Kier molecular flexibility index (Phi) is 7.67. The highest BCUT2D eigenvalue weighted by molar-refractivity contribution is 5.14. The number of hydrogen-bond donors (Lipinski definition) is 1. The molecule has 5 heteroatoms. The molecule has 2 saturated heterocycles. The SMILES string of the molecule is C=C[C@@]1(C)OC2C[C@@H](OCc3ccccc3)[C@](C)(CCOCc3ccccc3)O[C@@H]2C[C@@H]1O. The Morgan fingerprint density at radius 3 is 2.18 bits per heavy atom. The number of ether oxygens (including phenoxy) is 4. The summed E-state index contributed by atoms with van der Waals surface area (Å²) < 4.78 is 25.3. The molecule has 2 heterocycles. The zero-order valence-electron chi connectivity index (χ0n) is 19.7. The van der Waals surface area contributed by atoms with Crippen molar-refractivity contribution in [2.24, 2.45) is 0 Å². The van der Waals surface area contributed by atoms with Gasteiger partial charge in [0.25, 0.3) is 0 Å². The highest BCUT2D eigenvalue weighted by atomic mass is 16.6. The molecule has 2 aromatic carbocycles. The van der Waals surface area contributed by atoms with Gasteiger partial charge in [-0.25, -0.2) is 0 Å². The van der Waals surface area contributed by atoms with Crippen LogP contribution in [0.5, 0.6) is 0 Å². The molecular formula is C28H36O5. The molecule has 2 aliphatic heterocycles. The third-order valence-corrected chi connectivity index (χ3v) is 7.04. The number of fused-ring (bicyclic) bond motifs is 1. The van der Waals surface area contributed by atoms with E-state index in [1.165, 1.54) is 0 Å². The molecule has 33 heavy (non-hydrogen) atoms. The lowest BCUT2D eigenvalue weighted by molar-refractivity contribution is -0.295. The average molecular weight is 453 g/mol. The van der Waals surface area contributed by atoms with E-state index in [1.54, 1.807) is 6.08 Å². The summed E-state index contributed by atoms with van der Waals surface area (Å²) in [5.74, 6) is 0. The maximum absolute atomic E-state index is 10.7. The van der Waals surface area contributed by atoms with Gasteiger partial charge in [-0.1, -0.05) is 66.7 Å². The first-order chi connectivity index (χ1) is 15.9. The van der Waals surface area contributed by atoms with E-state index in [0.717, 1.165) is 11.1 Å². The Balaban J connectivity index is 1.43. The number of aliphatic hydroxyl groups excluding tert-OH is 1. The molecule has 4 rings (SSSR count). The fraction of sp³-hybridized carbons (Fsp3) is 0.500. The summed E-state index contributed by atoms with van der Waals surface area (Å²) in [4.78, 5) is 0. The van der Waals surface area contributed by atoms with Crippen LogP contribution in [0.1, 0.15) is 44.2 Å². The van der Waals surface area contributed by atoms with Crippen LogP contribution in [0.2, 0.25) is 0 Å². The van der Waals surface area contributed by atoms with Gasteiger partial charge in [0.05, 0.1) is 43.2 Å². The lowest BCUT2D eigenvalue weighted by atomic mass is 9.80. The topological polar surface area (TPSA) is 57.2 Å². The van der Waals surface area contributed by atoms with Crippen LogP contribution in [0.4, 0.5) is 0 Å². The molecule has 0 radical (unpaired) electrons. The molecule has 0 spiro atoms. The fourth-order valence-electron chi connectivity index (χ4n) is 4.75. The van der Waals surface area contributed by atoms with Crippen molar-refractivity contribution >= 4 is 0 Å². The van der Waals surface area contributed by atoms with Crippen LogP contribution < -0.4 is 0 Å². The van der Waals surface area contributed by atoms with Crippen LogP contribution in [-0.2, 0) is 32.2 Å². The number of aliphatic hydroxyl groups is 1. The summed E-state index contributed by atoms with van der Waals surface area (Å²) in [6.07, 6.45) is 2.43. The van der Waals surface area contributed by atoms with Crippen LogP contribution in [0.25, 0.3) is 0 Å². The second kappa shape index (κ2) is 10.5. The number of hydrogen-bond acceptors (Lipinski definition) is 5. The summed E-state index contributed by atoms with van der Waals surface area (Å²) in [6.45, 7) is 9.48. The molecule has 2 fully saturated rings. The molecule has 0 amide bonds. The van der Waals surface area contributed by atoms with E-state index in [2.05, 4.69) is 37.8 Å². The predicted molar refractivity (Wildman–Crippen MR) is 128 cm³/mol. The number of rotatable bonds is 9. The van der Waals surface area contributed by atoms with Gasteiger partial charge in [0.15, 0.2) is 0 Å². The van der Waals surface area contributed by atoms with Crippen LogP contribution in [-0.4, -0.2) is 47.3 Å². The Bertz CT molecular complexity index is 888. The summed E-state index contributed by atoms with van der Waals surface area (Å²) in [5.41, 5.74) is 0.952. The molecule has 0 bridgehead atoms. The van der Waals surface area contributed by atoms with Crippen molar-refractivity contribution in [1.82, 2.24) is 0 Å². The van der Waals surface area contributed by atoms with Gasteiger partial charge in [-0.05, 0) is 25.0 Å². The zero-order valence-corrected chi connectivity index (χ0v) is 19.7. The van der Waals surface area contributed by atoms with Crippen LogP contribution in [0.3, 0.4) is 0 Å². The summed E-state index contributed by atoms with van der Waals surface area (Å²) in [7, 11) is 0. The van der Waals surface area contributed by atoms with Gasteiger partial charge in [-0.15, -0.1) is 6.58 Å². The first-order valence-corrected chi connectivity index (χ1v) is 11.9. The molecule has 2 aliphatic rings. The molecule has 0 aliphatic carbocycles. The first-order valence-electron chi connectivity index (χ1n) is 11.9. The fourth-order valence-corrected chi connectivity index (χ4v) is 4.75. The van der Waals surface area contributed by atoms with Crippen molar-refractivity contribution in [1.29, 1.82) is 0 Å². The summed E-state index contributed by atoms with van der Waals surface area (Å²) in [5, 5.41) is 10.7. The molecular weight excluding hydrogens is 416 g/mol. The van der Waals surface area contributed by atoms with E-state index in [1.807, 2.05) is 43.3 Å². The molecule has 1 unspecified atom stereocenters. The minimum atomic E-state index is -0.777. The third-order valence-electron chi connectivity index (χ3n) is 7.04. The third kappa shape index (κ3) is 5.73. The molecule has 1 N–H and O–H groups in total. The molecule has 178 valence electrons. The Morgan fingerprint density at radius 1 is 0.939 bits per heavy atom. The number of benzene rings is 2. The van der Waals surface area contributed by atoms with E-state index in [9.17, 15) is 5.11 Å².